The minimum Gasteiger partial charge on any atom is -0.444 e. The van der Waals surface area contributed by atoms with Gasteiger partial charge in [0.05, 0.1) is 24.1 Å². The second-order valence-electron chi connectivity index (χ2n) is 6.37. The molecular formula is C17H25N5O2. The quantitative estimate of drug-likeness (QED) is 0.910. The summed E-state index contributed by atoms with van der Waals surface area (Å²) >= 11 is 0. The van der Waals surface area contributed by atoms with Gasteiger partial charge in [0, 0.05) is 18.7 Å². The molecule has 1 N–H and O–H groups in total. The third-order valence-electron chi connectivity index (χ3n) is 4.61. The van der Waals surface area contributed by atoms with Crippen LogP contribution in [-0.4, -0.2) is 38.7 Å². The second kappa shape index (κ2) is 7.17. The van der Waals surface area contributed by atoms with E-state index >= 15 is 0 Å². The highest BCUT2D eigenvalue weighted by atomic mass is 16.4. The second-order valence-corrected chi connectivity index (χ2v) is 6.37. The van der Waals surface area contributed by atoms with E-state index in [4.69, 9.17) is 4.42 Å². The summed E-state index contributed by atoms with van der Waals surface area (Å²) in [6, 6.07) is 0. The smallest absolute Gasteiger partial charge is 0.227 e. The van der Waals surface area contributed by atoms with E-state index in [9.17, 15) is 4.79 Å². The molecule has 3 heterocycles. The van der Waals surface area contributed by atoms with Crippen molar-refractivity contribution in [3.05, 3.63) is 29.7 Å². The Kier molecular flexibility index (Phi) is 4.99. The molecule has 0 atom stereocenters. The lowest BCUT2D eigenvalue weighted by atomic mass is 9.96. The number of piperidine rings is 1. The zero-order valence-electron chi connectivity index (χ0n) is 14.6. The number of hydrogen-bond acceptors (Lipinski definition) is 5. The van der Waals surface area contributed by atoms with Crippen molar-refractivity contribution in [2.24, 2.45) is 5.92 Å². The third kappa shape index (κ3) is 3.84. The number of oxazole rings is 1. The Labute approximate surface area is 142 Å². The van der Waals surface area contributed by atoms with Gasteiger partial charge in [0.25, 0.3) is 0 Å². The Balaban J connectivity index is 1.48. The number of aromatic nitrogens is 3. The molecule has 0 bridgehead atoms. The molecular weight excluding hydrogens is 306 g/mol. The number of anilines is 1. The van der Waals surface area contributed by atoms with E-state index in [0.29, 0.717) is 6.54 Å². The third-order valence-corrected chi connectivity index (χ3v) is 4.61. The molecule has 1 fully saturated rings. The molecule has 2 aromatic rings. The van der Waals surface area contributed by atoms with Gasteiger partial charge in [0.15, 0.2) is 0 Å². The zero-order valence-corrected chi connectivity index (χ0v) is 14.6. The molecule has 130 valence electrons. The maximum Gasteiger partial charge on any atom is 0.227 e. The van der Waals surface area contributed by atoms with E-state index in [2.05, 4.69) is 20.3 Å². The van der Waals surface area contributed by atoms with Crippen molar-refractivity contribution in [2.45, 2.75) is 46.7 Å². The van der Waals surface area contributed by atoms with Gasteiger partial charge in [0.2, 0.25) is 11.8 Å². The van der Waals surface area contributed by atoms with Gasteiger partial charge in [-0.25, -0.2) is 4.98 Å². The summed E-state index contributed by atoms with van der Waals surface area (Å²) < 4.78 is 7.45. The summed E-state index contributed by atoms with van der Waals surface area (Å²) in [5.74, 6) is 1.79. The Morgan fingerprint density at radius 1 is 1.38 bits per heavy atom. The molecule has 1 saturated heterocycles. The number of aryl methyl sites for hydroxylation is 3. The highest BCUT2D eigenvalue weighted by molar-refractivity contribution is 5.92. The fraction of sp³-hybridized carbons (Fsp3) is 0.588. The molecule has 2 aromatic heterocycles. The number of nitrogens with one attached hydrogen (secondary N) is 1. The van der Waals surface area contributed by atoms with Crippen LogP contribution >= 0.6 is 0 Å². The fourth-order valence-electron chi connectivity index (χ4n) is 3.00. The van der Waals surface area contributed by atoms with Gasteiger partial charge in [-0.3, -0.25) is 14.4 Å². The van der Waals surface area contributed by atoms with Gasteiger partial charge < -0.3 is 9.73 Å². The first kappa shape index (κ1) is 16.7. The number of likely N-dealkylation sites (tertiary alicyclic amines) is 1. The van der Waals surface area contributed by atoms with Crippen LogP contribution in [0, 0.1) is 19.8 Å². The average molecular weight is 331 g/mol. The first-order valence-electron chi connectivity index (χ1n) is 8.53. The van der Waals surface area contributed by atoms with Crippen LogP contribution in [0.5, 0.6) is 0 Å². The van der Waals surface area contributed by atoms with Crippen molar-refractivity contribution in [3.8, 4) is 0 Å². The van der Waals surface area contributed by atoms with Crippen molar-refractivity contribution in [1.82, 2.24) is 19.7 Å². The van der Waals surface area contributed by atoms with Crippen LogP contribution in [0.25, 0.3) is 0 Å². The molecule has 0 unspecified atom stereocenters. The SMILES string of the molecule is CCn1cc(NC(=O)C2CCN(Cc3nc(C)c(C)o3)CC2)cn1. The molecule has 24 heavy (non-hydrogen) atoms. The average Bonchev–Trinajstić information content (AvgIpc) is 3.14. The highest BCUT2D eigenvalue weighted by Crippen LogP contribution is 2.21. The highest BCUT2D eigenvalue weighted by Gasteiger charge is 2.26. The van der Waals surface area contributed by atoms with Gasteiger partial charge in [-0.1, -0.05) is 0 Å². The largest absolute Gasteiger partial charge is 0.444 e. The van der Waals surface area contributed by atoms with E-state index in [-0.39, 0.29) is 11.8 Å². The fourth-order valence-corrected chi connectivity index (χ4v) is 3.00. The lowest BCUT2D eigenvalue weighted by Gasteiger charge is -2.30. The molecule has 0 radical (unpaired) electrons. The number of nitrogens with zero attached hydrogens (tertiary/aromatic N) is 4. The van der Waals surface area contributed by atoms with Gasteiger partial charge in [-0.15, -0.1) is 0 Å². The number of carbonyl (C=O) groups is 1. The summed E-state index contributed by atoms with van der Waals surface area (Å²) in [6.45, 7) is 9.19. The van der Waals surface area contributed by atoms with E-state index in [1.54, 1.807) is 10.9 Å². The van der Waals surface area contributed by atoms with Gasteiger partial charge in [-0.05, 0) is 46.7 Å². The Bertz CT molecular complexity index is 678. The number of carbonyl (C=O) groups excluding carboxylic acids is 1. The summed E-state index contributed by atoms with van der Waals surface area (Å²) in [6.07, 6.45) is 5.27. The lowest BCUT2D eigenvalue weighted by Crippen LogP contribution is -2.37. The molecule has 7 heteroatoms. The molecule has 7 nitrogen and oxygen atoms in total. The predicted molar refractivity (Wildman–Crippen MR) is 90.5 cm³/mol. The Hall–Kier alpha value is -2.15. The lowest BCUT2D eigenvalue weighted by molar-refractivity contribution is -0.121. The van der Waals surface area contributed by atoms with Gasteiger partial charge in [-0.2, -0.15) is 5.10 Å². The van der Waals surface area contributed by atoms with Crippen LogP contribution in [-0.2, 0) is 17.9 Å². The Morgan fingerprint density at radius 2 is 2.12 bits per heavy atom. The summed E-state index contributed by atoms with van der Waals surface area (Å²) in [7, 11) is 0. The molecule has 1 amide bonds. The van der Waals surface area contributed by atoms with Gasteiger partial charge >= 0.3 is 0 Å². The summed E-state index contributed by atoms with van der Waals surface area (Å²) in [5, 5.41) is 7.15. The van der Waals surface area contributed by atoms with Crippen molar-refractivity contribution >= 4 is 11.6 Å². The van der Waals surface area contributed by atoms with E-state index in [1.807, 2.05) is 27.0 Å². The van der Waals surface area contributed by atoms with E-state index < -0.39 is 0 Å². The predicted octanol–water partition coefficient (Wildman–Crippen LogP) is 2.36. The Morgan fingerprint density at radius 3 is 2.71 bits per heavy atom. The maximum atomic E-state index is 12.4. The van der Waals surface area contributed by atoms with Crippen LogP contribution in [0.3, 0.4) is 0 Å². The molecule has 0 aromatic carbocycles. The monoisotopic (exact) mass is 331 g/mol. The van der Waals surface area contributed by atoms with E-state index in [1.165, 1.54) is 0 Å². The molecule has 0 saturated carbocycles. The summed E-state index contributed by atoms with van der Waals surface area (Å²) in [4.78, 5) is 19.1. The number of rotatable bonds is 5. The van der Waals surface area contributed by atoms with Crippen molar-refractivity contribution in [2.75, 3.05) is 18.4 Å². The minimum absolute atomic E-state index is 0.0549. The first-order chi connectivity index (χ1) is 11.5. The normalized spacial score (nSPS) is 16.5. The van der Waals surface area contributed by atoms with Crippen LogP contribution in [0.4, 0.5) is 5.69 Å². The number of amides is 1. The molecule has 1 aliphatic rings. The van der Waals surface area contributed by atoms with Crippen LogP contribution in [0.15, 0.2) is 16.8 Å². The molecule has 0 aliphatic carbocycles. The van der Waals surface area contributed by atoms with Crippen LogP contribution in [0.2, 0.25) is 0 Å². The molecule has 3 rings (SSSR count). The van der Waals surface area contributed by atoms with Crippen molar-refractivity contribution < 1.29 is 9.21 Å². The van der Waals surface area contributed by atoms with Crippen LogP contribution in [0.1, 0.15) is 37.1 Å². The molecule has 1 aliphatic heterocycles. The summed E-state index contributed by atoms with van der Waals surface area (Å²) in [5.41, 5.74) is 1.72. The zero-order chi connectivity index (χ0) is 17.1. The number of hydrogen-bond donors (Lipinski definition) is 1. The standard InChI is InChI=1S/C17H25N5O2/c1-4-22-10-15(9-18-22)20-17(23)14-5-7-21(8-6-14)11-16-19-12(2)13(3)24-16/h9-10,14H,4-8,11H2,1-3H3,(H,20,23). The van der Waals surface area contributed by atoms with Crippen molar-refractivity contribution in [1.29, 1.82) is 0 Å². The first-order valence-corrected chi connectivity index (χ1v) is 8.53. The topological polar surface area (TPSA) is 76.2 Å². The van der Waals surface area contributed by atoms with Gasteiger partial charge in [0.1, 0.15) is 5.76 Å². The maximum absolute atomic E-state index is 12.4. The van der Waals surface area contributed by atoms with Crippen molar-refractivity contribution in [3.63, 3.8) is 0 Å². The van der Waals surface area contributed by atoms with E-state index in [0.717, 1.165) is 55.5 Å². The van der Waals surface area contributed by atoms with Crippen LogP contribution < -0.4 is 5.32 Å². The molecule has 0 spiro atoms. The minimum atomic E-state index is 0.0549.